The van der Waals surface area contributed by atoms with E-state index in [0.717, 1.165) is 5.82 Å². The van der Waals surface area contributed by atoms with E-state index in [0.29, 0.717) is 37.4 Å². The number of hydrogen-bond acceptors (Lipinski definition) is 6. The van der Waals surface area contributed by atoms with Crippen molar-refractivity contribution < 1.29 is 17.9 Å². The van der Waals surface area contributed by atoms with Crippen LogP contribution in [0.3, 0.4) is 0 Å². The molecule has 0 aliphatic carbocycles. The summed E-state index contributed by atoms with van der Waals surface area (Å²) in [6.45, 7) is 7.15. The molecular weight excluding hydrogens is 414 g/mol. The van der Waals surface area contributed by atoms with Gasteiger partial charge in [-0.25, -0.2) is 8.42 Å². The Bertz CT molecular complexity index is 1010. The van der Waals surface area contributed by atoms with E-state index in [-0.39, 0.29) is 22.1 Å². The summed E-state index contributed by atoms with van der Waals surface area (Å²) in [5.74, 6) is 0.574. The number of nitrogens with one attached hydrogen (secondary N) is 2. The van der Waals surface area contributed by atoms with Crippen molar-refractivity contribution in [2.45, 2.75) is 38.6 Å². The Morgan fingerprint density at radius 1 is 1.31 bits per heavy atom. The first-order valence-electron chi connectivity index (χ1n) is 9.40. The molecule has 0 aliphatic rings. The van der Waals surface area contributed by atoms with Crippen LogP contribution in [0.4, 0.5) is 0 Å². The van der Waals surface area contributed by atoms with Crippen LogP contribution < -0.4 is 10.1 Å². The van der Waals surface area contributed by atoms with E-state index in [9.17, 15) is 13.2 Å². The minimum atomic E-state index is -3.77. The van der Waals surface area contributed by atoms with E-state index < -0.39 is 10.0 Å². The molecular formula is C18H27N5O4S2. The molecule has 0 spiro atoms. The number of aromatic nitrogens is 3. The second kappa shape index (κ2) is 9.99. The first kappa shape index (κ1) is 23.0. The van der Waals surface area contributed by atoms with Crippen molar-refractivity contribution in [1.82, 2.24) is 24.4 Å². The molecule has 9 nitrogen and oxygen atoms in total. The monoisotopic (exact) mass is 441 g/mol. The Hall–Kier alpha value is -2.24. The molecule has 1 aromatic carbocycles. The number of carbonyl (C=O) groups is 1. The van der Waals surface area contributed by atoms with Crippen LogP contribution in [0.1, 0.15) is 37.0 Å². The van der Waals surface area contributed by atoms with Crippen LogP contribution in [-0.4, -0.2) is 60.1 Å². The molecule has 11 heteroatoms. The average Bonchev–Trinajstić information content (AvgIpc) is 3.07. The highest BCUT2D eigenvalue weighted by molar-refractivity contribution is 7.89. The Balaban J connectivity index is 2.20. The Kier molecular flexibility index (Phi) is 7.94. The number of ether oxygens (including phenoxy) is 1. The topological polar surface area (TPSA) is 109 Å². The number of rotatable bonds is 10. The second-order valence-corrected chi connectivity index (χ2v) is 8.44. The third-order valence-corrected chi connectivity index (χ3v) is 6.92. The maximum absolute atomic E-state index is 12.9. The first-order valence-corrected chi connectivity index (χ1v) is 11.2. The van der Waals surface area contributed by atoms with E-state index in [1.54, 1.807) is 13.8 Å². The van der Waals surface area contributed by atoms with Crippen LogP contribution in [0, 0.1) is 4.77 Å². The summed E-state index contributed by atoms with van der Waals surface area (Å²) in [5.41, 5.74) is 0.242. The van der Waals surface area contributed by atoms with Gasteiger partial charge in [0.2, 0.25) is 10.0 Å². The zero-order valence-electron chi connectivity index (χ0n) is 17.1. The van der Waals surface area contributed by atoms with E-state index in [4.69, 9.17) is 17.0 Å². The highest BCUT2D eigenvalue weighted by atomic mass is 32.2. The number of methoxy groups -OCH3 is 1. The minimum Gasteiger partial charge on any atom is -0.495 e. The number of hydrogen-bond donors (Lipinski definition) is 2. The van der Waals surface area contributed by atoms with Crippen molar-refractivity contribution >= 4 is 28.1 Å². The largest absolute Gasteiger partial charge is 0.495 e. The smallest absolute Gasteiger partial charge is 0.251 e. The minimum absolute atomic E-state index is 0.0248. The molecule has 0 aliphatic heterocycles. The van der Waals surface area contributed by atoms with Crippen LogP contribution in [0.15, 0.2) is 23.1 Å². The van der Waals surface area contributed by atoms with Gasteiger partial charge in [0.15, 0.2) is 4.77 Å². The quantitative estimate of drug-likeness (QED) is 0.546. The molecule has 2 N–H and O–H groups in total. The zero-order chi connectivity index (χ0) is 21.6. The molecule has 0 radical (unpaired) electrons. The van der Waals surface area contributed by atoms with E-state index >= 15 is 0 Å². The Morgan fingerprint density at radius 2 is 2.00 bits per heavy atom. The summed E-state index contributed by atoms with van der Waals surface area (Å²) in [5, 5.41) is 9.68. The third kappa shape index (κ3) is 5.03. The van der Waals surface area contributed by atoms with Crippen LogP contribution in [0.2, 0.25) is 0 Å². The predicted molar refractivity (Wildman–Crippen MR) is 112 cm³/mol. The van der Waals surface area contributed by atoms with E-state index in [2.05, 4.69) is 15.5 Å². The van der Waals surface area contributed by atoms with Crippen LogP contribution in [-0.2, 0) is 23.0 Å². The third-order valence-electron chi connectivity index (χ3n) is 4.54. The average molecular weight is 442 g/mol. The number of amides is 1. The lowest BCUT2D eigenvalue weighted by Crippen LogP contribution is -2.31. The van der Waals surface area contributed by atoms with Gasteiger partial charge in [-0.2, -0.15) is 9.40 Å². The molecule has 0 saturated heterocycles. The van der Waals surface area contributed by atoms with Crippen LogP contribution in [0.25, 0.3) is 0 Å². The van der Waals surface area contributed by atoms with Crippen molar-refractivity contribution in [2.24, 2.45) is 0 Å². The van der Waals surface area contributed by atoms with Gasteiger partial charge in [0.1, 0.15) is 16.5 Å². The lowest BCUT2D eigenvalue weighted by molar-refractivity contribution is 0.0953. The Morgan fingerprint density at radius 3 is 2.59 bits per heavy atom. The molecule has 0 saturated carbocycles. The maximum Gasteiger partial charge on any atom is 0.251 e. The van der Waals surface area contributed by atoms with E-state index in [1.165, 1.54) is 29.6 Å². The SMILES string of the molecule is CCN(CC)S(=O)(=O)c1cc(C(=O)NCCc2n[nH]c(=S)n2CC)ccc1OC. The molecule has 0 atom stereocenters. The molecule has 0 fully saturated rings. The maximum atomic E-state index is 12.9. The summed E-state index contributed by atoms with van der Waals surface area (Å²) in [6, 6.07) is 4.38. The van der Waals surface area contributed by atoms with E-state index in [1.807, 2.05) is 11.5 Å². The molecule has 0 bridgehead atoms. The van der Waals surface area contributed by atoms with Gasteiger partial charge >= 0.3 is 0 Å². The normalized spacial score (nSPS) is 11.6. The van der Waals surface area contributed by atoms with Crippen LogP contribution >= 0.6 is 12.2 Å². The van der Waals surface area contributed by atoms with Crippen molar-refractivity contribution in [2.75, 3.05) is 26.7 Å². The van der Waals surface area contributed by atoms with Gasteiger partial charge in [-0.3, -0.25) is 9.89 Å². The molecule has 2 rings (SSSR count). The molecule has 1 amide bonds. The fourth-order valence-corrected chi connectivity index (χ4v) is 4.90. The summed E-state index contributed by atoms with van der Waals surface area (Å²) >= 11 is 5.15. The van der Waals surface area contributed by atoms with Gasteiger partial charge in [0.25, 0.3) is 5.91 Å². The van der Waals surface area contributed by atoms with Crippen molar-refractivity contribution in [3.63, 3.8) is 0 Å². The predicted octanol–water partition coefficient (Wildman–Crippen LogP) is 1.97. The molecule has 29 heavy (non-hydrogen) atoms. The van der Waals surface area contributed by atoms with Crippen molar-refractivity contribution in [3.05, 3.63) is 34.4 Å². The molecule has 1 heterocycles. The number of carbonyl (C=O) groups excluding carboxylic acids is 1. The summed E-state index contributed by atoms with van der Waals surface area (Å²) in [7, 11) is -2.37. The van der Waals surface area contributed by atoms with Crippen LogP contribution in [0.5, 0.6) is 5.75 Å². The van der Waals surface area contributed by atoms with Gasteiger partial charge < -0.3 is 14.6 Å². The van der Waals surface area contributed by atoms with Gasteiger partial charge in [-0.1, -0.05) is 13.8 Å². The summed E-state index contributed by atoms with van der Waals surface area (Å²) in [4.78, 5) is 12.5. The van der Waals surface area contributed by atoms with Gasteiger partial charge in [0, 0.05) is 38.2 Å². The van der Waals surface area contributed by atoms with Gasteiger partial charge in [-0.05, 0) is 37.3 Å². The molecule has 2 aromatic rings. The summed E-state index contributed by atoms with van der Waals surface area (Å²) < 4.78 is 34.7. The highest BCUT2D eigenvalue weighted by Gasteiger charge is 2.26. The highest BCUT2D eigenvalue weighted by Crippen LogP contribution is 2.27. The number of sulfonamides is 1. The molecule has 160 valence electrons. The van der Waals surface area contributed by atoms with Gasteiger partial charge in [0.05, 0.1) is 7.11 Å². The zero-order valence-corrected chi connectivity index (χ0v) is 18.7. The molecule has 0 unspecified atom stereocenters. The number of nitrogens with zero attached hydrogens (tertiary/aromatic N) is 3. The fourth-order valence-electron chi connectivity index (χ4n) is 2.98. The van der Waals surface area contributed by atoms with Crippen molar-refractivity contribution in [1.29, 1.82) is 0 Å². The standard InChI is InChI=1S/C18H27N5O4S2/c1-5-22(6-2)29(25,26)15-12-13(8-9-14(15)27-4)17(24)19-11-10-16-20-21-18(28)23(16)7-3/h8-9,12H,5-7,10-11H2,1-4H3,(H,19,24)(H,21,28). The summed E-state index contributed by atoms with van der Waals surface area (Å²) in [6.07, 6.45) is 0.494. The first-order chi connectivity index (χ1) is 13.8. The van der Waals surface area contributed by atoms with Crippen molar-refractivity contribution in [3.8, 4) is 5.75 Å². The number of H-pyrrole nitrogens is 1. The number of benzene rings is 1. The lowest BCUT2D eigenvalue weighted by Gasteiger charge is -2.20. The molecule has 1 aromatic heterocycles. The number of aromatic amines is 1. The fraction of sp³-hybridized carbons (Fsp3) is 0.500. The Labute approximate surface area is 176 Å². The second-order valence-electron chi connectivity index (χ2n) is 6.15. The van der Waals surface area contributed by atoms with Gasteiger partial charge in [-0.15, -0.1) is 0 Å². The lowest BCUT2D eigenvalue weighted by atomic mass is 10.2.